The quantitative estimate of drug-likeness (QED) is 0.0656. The number of likely N-dealkylation sites (N-methyl/N-ethyl adjacent to an activating group) is 2. The van der Waals surface area contributed by atoms with E-state index in [-0.39, 0.29) is 16.6 Å². The average Bonchev–Trinajstić information content (AvgIpc) is 3.21. The van der Waals surface area contributed by atoms with Crippen LogP contribution in [0.25, 0.3) is 21.9 Å². The van der Waals surface area contributed by atoms with Crippen LogP contribution in [0.3, 0.4) is 0 Å². The van der Waals surface area contributed by atoms with Crippen LogP contribution in [-0.4, -0.2) is 175 Å². The van der Waals surface area contributed by atoms with Crippen molar-refractivity contribution in [3.8, 4) is 23.0 Å². The molecule has 3 heterocycles. The fourth-order valence-electron chi connectivity index (χ4n) is 8.06. The highest BCUT2D eigenvalue weighted by molar-refractivity contribution is 5.98. The van der Waals surface area contributed by atoms with Crippen molar-refractivity contribution >= 4 is 21.9 Å². The zero-order valence-corrected chi connectivity index (χ0v) is 38.5. The Morgan fingerprint density at radius 2 is 1.08 bits per heavy atom. The van der Waals surface area contributed by atoms with E-state index >= 15 is 0 Å². The first kappa shape index (κ1) is 47.4. The van der Waals surface area contributed by atoms with E-state index < -0.39 is 0 Å². The predicted octanol–water partition coefficient (Wildman–Crippen LogP) is 6.35. The van der Waals surface area contributed by atoms with Gasteiger partial charge in [0, 0.05) is 102 Å². The molecule has 334 valence electrons. The van der Waals surface area contributed by atoms with E-state index in [4.69, 9.17) is 18.6 Å². The second kappa shape index (κ2) is 23.5. The van der Waals surface area contributed by atoms with Crippen molar-refractivity contribution in [1.29, 1.82) is 0 Å². The van der Waals surface area contributed by atoms with E-state index in [0.29, 0.717) is 71.0 Å². The molecular formula is C48H76N6O6. The predicted molar refractivity (Wildman–Crippen MR) is 247 cm³/mol. The van der Waals surface area contributed by atoms with Gasteiger partial charge in [-0.2, -0.15) is 0 Å². The Kier molecular flexibility index (Phi) is 18.6. The first-order valence-corrected chi connectivity index (χ1v) is 22.4. The van der Waals surface area contributed by atoms with Gasteiger partial charge in [0.25, 0.3) is 0 Å². The molecule has 0 unspecified atom stereocenters. The number of allylic oxidation sites excluding steroid dienone is 4. The molecule has 0 atom stereocenters. The maximum absolute atomic E-state index is 14.6. The summed E-state index contributed by atoms with van der Waals surface area (Å²) in [6.45, 7) is 24.5. The lowest BCUT2D eigenvalue weighted by Crippen LogP contribution is -2.48. The lowest BCUT2D eigenvalue weighted by Gasteiger charge is -2.35. The number of phenols is 1. The Labute approximate surface area is 360 Å². The van der Waals surface area contributed by atoms with Gasteiger partial charge in [0.15, 0.2) is 11.5 Å². The zero-order valence-electron chi connectivity index (χ0n) is 38.5. The van der Waals surface area contributed by atoms with Crippen LogP contribution in [0.2, 0.25) is 0 Å². The van der Waals surface area contributed by atoms with Gasteiger partial charge in [-0.1, -0.05) is 23.3 Å². The van der Waals surface area contributed by atoms with Crippen LogP contribution in [0.4, 0.5) is 0 Å². The van der Waals surface area contributed by atoms with Crippen molar-refractivity contribution in [3.63, 3.8) is 0 Å². The van der Waals surface area contributed by atoms with Gasteiger partial charge in [-0.05, 0) is 108 Å². The molecule has 0 aliphatic carbocycles. The molecule has 1 N–H and O–H groups in total. The lowest BCUT2D eigenvalue weighted by molar-refractivity contribution is 0.122. The Morgan fingerprint density at radius 1 is 0.650 bits per heavy atom. The van der Waals surface area contributed by atoms with Crippen LogP contribution in [0.15, 0.2) is 44.6 Å². The topological polar surface area (TPSA) is 97.6 Å². The number of benzene rings is 2. The number of aromatic hydroxyl groups is 1. The molecule has 2 aromatic carbocycles. The first-order chi connectivity index (χ1) is 28.8. The molecule has 2 aliphatic rings. The van der Waals surface area contributed by atoms with E-state index in [2.05, 4.69) is 69.7 Å². The second-order valence-electron chi connectivity index (χ2n) is 17.8. The Hall–Kier alpha value is -3.65. The van der Waals surface area contributed by atoms with Crippen LogP contribution in [-0.2, 0) is 12.8 Å². The summed E-state index contributed by atoms with van der Waals surface area (Å²) >= 11 is 0. The summed E-state index contributed by atoms with van der Waals surface area (Å²) < 4.78 is 25.4. The van der Waals surface area contributed by atoms with Crippen LogP contribution < -0.4 is 19.6 Å². The Bertz CT molecular complexity index is 1930. The third kappa shape index (κ3) is 13.7. The summed E-state index contributed by atoms with van der Waals surface area (Å²) in [7, 11) is 10.1. The summed E-state index contributed by atoms with van der Waals surface area (Å²) in [6.07, 6.45) is 8.84. The highest BCUT2D eigenvalue weighted by Crippen LogP contribution is 2.42. The summed E-state index contributed by atoms with van der Waals surface area (Å²) in [5.74, 6) is 1.52. The molecule has 1 aromatic heterocycles. The third-order valence-corrected chi connectivity index (χ3v) is 11.9. The average molecular weight is 833 g/mol. The van der Waals surface area contributed by atoms with Crippen LogP contribution in [0.1, 0.15) is 64.5 Å². The minimum atomic E-state index is -0.292. The van der Waals surface area contributed by atoms with Gasteiger partial charge in [0.05, 0.1) is 25.7 Å². The molecule has 12 nitrogen and oxygen atoms in total. The number of nitrogens with zero attached hydrogens (tertiary/aromatic N) is 6. The van der Waals surface area contributed by atoms with Gasteiger partial charge in [-0.25, -0.2) is 0 Å². The molecule has 3 aromatic rings. The van der Waals surface area contributed by atoms with Crippen LogP contribution in [0.5, 0.6) is 23.0 Å². The minimum absolute atomic E-state index is 0.0924. The van der Waals surface area contributed by atoms with Gasteiger partial charge in [-0.15, -0.1) is 0 Å². The fraction of sp³-hybridized carbons (Fsp3) is 0.646. The van der Waals surface area contributed by atoms with E-state index in [0.717, 1.165) is 128 Å². The molecule has 0 spiro atoms. The molecule has 60 heavy (non-hydrogen) atoms. The number of rotatable bonds is 23. The van der Waals surface area contributed by atoms with E-state index in [1.165, 1.54) is 0 Å². The van der Waals surface area contributed by atoms with Crippen molar-refractivity contribution in [2.45, 2.75) is 66.2 Å². The smallest absolute Gasteiger partial charge is 0.204 e. The maximum Gasteiger partial charge on any atom is 0.204 e. The van der Waals surface area contributed by atoms with Gasteiger partial charge >= 0.3 is 0 Å². The monoisotopic (exact) mass is 833 g/mol. The van der Waals surface area contributed by atoms with Crippen molar-refractivity contribution in [2.75, 3.05) is 140 Å². The molecule has 12 heteroatoms. The molecule has 2 aliphatic heterocycles. The summed E-state index contributed by atoms with van der Waals surface area (Å²) in [5, 5.41) is 12.4. The Balaban J connectivity index is 1.32. The molecule has 0 saturated carbocycles. The number of methoxy groups -OCH3 is 1. The van der Waals surface area contributed by atoms with Gasteiger partial charge in [0.2, 0.25) is 5.43 Å². The summed E-state index contributed by atoms with van der Waals surface area (Å²) in [6, 6.07) is 3.57. The zero-order chi connectivity index (χ0) is 43.2. The number of hydrogen-bond acceptors (Lipinski definition) is 12. The van der Waals surface area contributed by atoms with Crippen molar-refractivity contribution in [3.05, 3.63) is 56.8 Å². The number of unbranched alkanes of at least 4 members (excludes halogenated alkanes) is 2. The summed E-state index contributed by atoms with van der Waals surface area (Å²) in [5.41, 5.74) is 3.91. The number of ether oxygens (including phenoxy) is 3. The maximum atomic E-state index is 14.6. The number of hydrogen-bond donors (Lipinski definition) is 1. The molecular weight excluding hydrogens is 757 g/mol. The van der Waals surface area contributed by atoms with Gasteiger partial charge < -0.3 is 43.3 Å². The number of piperazine rings is 2. The van der Waals surface area contributed by atoms with Crippen molar-refractivity contribution in [1.82, 2.24) is 29.4 Å². The number of fused-ring (bicyclic) bond motifs is 2. The second-order valence-corrected chi connectivity index (χ2v) is 17.8. The third-order valence-electron chi connectivity index (χ3n) is 11.9. The normalized spacial score (nSPS) is 16.0. The molecule has 2 saturated heterocycles. The van der Waals surface area contributed by atoms with Crippen molar-refractivity contribution < 1.29 is 23.7 Å². The highest BCUT2D eigenvalue weighted by atomic mass is 16.5. The van der Waals surface area contributed by atoms with E-state index in [1.54, 1.807) is 19.2 Å². The highest BCUT2D eigenvalue weighted by Gasteiger charge is 2.25. The minimum Gasteiger partial charge on any atom is -0.507 e. The number of phenolic OH excluding ortho intramolecular Hbond substituents is 1. The Morgan fingerprint density at radius 3 is 1.55 bits per heavy atom. The van der Waals surface area contributed by atoms with Crippen LogP contribution >= 0.6 is 0 Å². The van der Waals surface area contributed by atoms with Crippen LogP contribution in [0, 0.1) is 0 Å². The van der Waals surface area contributed by atoms with E-state index in [9.17, 15) is 9.90 Å². The summed E-state index contributed by atoms with van der Waals surface area (Å²) in [4.78, 5) is 29.3. The molecule has 0 amide bonds. The van der Waals surface area contributed by atoms with Gasteiger partial charge in [0.1, 0.15) is 28.1 Å². The molecule has 5 rings (SSSR count). The van der Waals surface area contributed by atoms with Crippen molar-refractivity contribution in [2.24, 2.45) is 0 Å². The lowest BCUT2D eigenvalue weighted by atomic mass is 9.98. The van der Waals surface area contributed by atoms with Gasteiger partial charge in [-0.3, -0.25) is 14.6 Å². The first-order valence-electron chi connectivity index (χ1n) is 22.4. The van der Waals surface area contributed by atoms with E-state index in [1.807, 2.05) is 27.7 Å². The molecule has 2 fully saturated rings. The molecule has 0 radical (unpaired) electrons. The fourth-order valence-corrected chi connectivity index (χ4v) is 8.06. The largest absolute Gasteiger partial charge is 0.507 e. The molecule has 0 bridgehead atoms. The SMILES string of the molecule is COc1c(OCCCCN2CCN(CCN(C)C)CC2)cc2oc3cc(OCCCCN4CCN(CCN(C)C)CC4)c(CC=C(C)C)c(O)c3c(=O)c2c1CC=C(C)C. The standard InChI is InChI=1S/C48H76N6O6/c1-36(2)14-16-38-40(58-32-12-10-18-51-24-28-53(29-25-51)22-20-49(5)6)34-42-45(46(38)55)47(56)44-39(17-15-37(3)4)48(57-9)43(35-41(44)60-42)59-33-13-11-19-52-26-30-54(31-27-52)23-21-50(7)8/h14-15,34-35,55H,10-13,16-33H2,1-9H3.